The molecule has 3 aromatic rings. The fourth-order valence-corrected chi connectivity index (χ4v) is 6.55. The summed E-state index contributed by atoms with van der Waals surface area (Å²) in [4.78, 5) is 14.7. The Hall–Kier alpha value is -3.68. The molecular formula is C33H44N8O2. The second kappa shape index (κ2) is 12.5. The number of anilines is 2. The molecule has 0 bridgehead atoms. The van der Waals surface area contributed by atoms with Crippen molar-refractivity contribution in [3.8, 4) is 34.8 Å². The molecule has 1 aliphatic carbocycles. The number of hydrogen-bond acceptors (Lipinski definition) is 10. The summed E-state index contributed by atoms with van der Waals surface area (Å²) in [5, 5.41) is 18.4. The zero-order chi connectivity index (χ0) is 30.0. The number of piperazine rings is 1. The van der Waals surface area contributed by atoms with Gasteiger partial charge in [0.25, 0.3) is 0 Å². The zero-order valence-corrected chi connectivity index (χ0v) is 25.8. The lowest BCUT2D eigenvalue weighted by Crippen LogP contribution is -2.52. The fraction of sp³-hybridized carbons (Fsp3) is 0.576. The number of hydrogen-bond donors (Lipinski definition) is 2. The van der Waals surface area contributed by atoms with Gasteiger partial charge in [-0.3, -0.25) is 0 Å². The molecule has 1 spiro atoms. The van der Waals surface area contributed by atoms with Crippen molar-refractivity contribution in [1.29, 1.82) is 5.26 Å². The van der Waals surface area contributed by atoms with Crippen molar-refractivity contribution in [3.05, 3.63) is 34.9 Å². The maximum Gasteiger partial charge on any atom is 0.219 e. The number of nitriles is 1. The van der Waals surface area contributed by atoms with E-state index in [0.29, 0.717) is 47.1 Å². The van der Waals surface area contributed by atoms with E-state index in [2.05, 4.69) is 47.2 Å². The largest absolute Gasteiger partial charge is 0.476 e. The second-order valence-electron chi connectivity index (χ2n) is 12.5. The number of ether oxygens (including phenoxy) is 1. The van der Waals surface area contributed by atoms with Gasteiger partial charge in [0, 0.05) is 48.4 Å². The molecule has 0 amide bonds. The molecular weight excluding hydrogens is 540 g/mol. The third-order valence-corrected chi connectivity index (χ3v) is 9.30. The van der Waals surface area contributed by atoms with E-state index in [1.165, 1.54) is 19.3 Å². The standard InChI is InChI=1S/C33H44N8O2/c1-4-6-10-24-30(39-43-31(24)29-22(8-5-2)11-12-26(35)25(29)19-34)32-37-27(41-17-15-36-33(21-41)13-14-33)18-28(38-32)42-20-23-9-7-16-40(23)3/h11-12,18,23,36H,4-10,13-17,20-21,35H2,1-3H3. The summed E-state index contributed by atoms with van der Waals surface area (Å²) in [5.74, 6) is 2.50. The van der Waals surface area contributed by atoms with Gasteiger partial charge in [-0.25, -0.2) is 4.98 Å². The highest BCUT2D eigenvalue weighted by atomic mass is 16.5. The second-order valence-corrected chi connectivity index (χ2v) is 12.5. The first-order chi connectivity index (χ1) is 20.9. The van der Waals surface area contributed by atoms with Crippen molar-refractivity contribution >= 4 is 11.5 Å². The van der Waals surface area contributed by atoms with Crippen LogP contribution in [0.3, 0.4) is 0 Å². The molecule has 10 heteroatoms. The van der Waals surface area contributed by atoms with Crippen molar-refractivity contribution < 1.29 is 9.26 Å². The maximum atomic E-state index is 10.1. The van der Waals surface area contributed by atoms with Crippen LogP contribution in [0, 0.1) is 11.3 Å². The van der Waals surface area contributed by atoms with Crippen LogP contribution in [-0.4, -0.2) is 71.4 Å². The molecule has 2 saturated heterocycles. The van der Waals surface area contributed by atoms with Crippen LogP contribution in [0.5, 0.6) is 5.88 Å². The molecule has 3 aliphatic rings. The van der Waals surface area contributed by atoms with Crippen molar-refractivity contribution in [2.45, 2.75) is 83.2 Å². The highest BCUT2D eigenvalue weighted by molar-refractivity contribution is 5.81. The summed E-state index contributed by atoms with van der Waals surface area (Å²) >= 11 is 0. The lowest BCUT2D eigenvalue weighted by molar-refractivity contribution is 0.193. The number of nitrogen functional groups attached to an aromatic ring is 1. The Morgan fingerprint density at radius 1 is 1.19 bits per heavy atom. The molecule has 3 fully saturated rings. The Balaban J connectivity index is 1.44. The number of likely N-dealkylation sites (tertiary alicyclic amines) is 1. The van der Waals surface area contributed by atoms with Gasteiger partial charge in [-0.1, -0.05) is 37.9 Å². The smallest absolute Gasteiger partial charge is 0.219 e. The van der Waals surface area contributed by atoms with Gasteiger partial charge < -0.3 is 30.1 Å². The topological polar surface area (TPSA) is 129 Å². The van der Waals surface area contributed by atoms with Gasteiger partial charge in [0.2, 0.25) is 5.88 Å². The lowest BCUT2D eigenvalue weighted by Gasteiger charge is -2.35. The van der Waals surface area contributed by atoms with Gasteiger partial charge >= 0.3 is 0 Å². The van der Waals surface area contributed by atoms with E-state index in [4.69, 9.17) is 25.0 Å². The lowest BCUT2D eigenvalue weighted by atomic mass is 9.91. The van der Waals surface area contributed by atoms with Crippen molar-refractivity contribution in [3.63, 3.8) is 0 Å². The summed E-state index contributed by atoms with van der Waals surface area (Å²) in [5.41, 5.74) is 10.7. The van der Waals surface area contributed by atoms with E-state index in [1.54, 1.807) is 0 Å². The van der Waals surface area contributed by atoms with E-state index in [0.717, 1.165) is 87.2 Å². The Morgan fingerprint density at radius 2 is 2.05 bits per heavy atom. The first kappa shape index (κ1) is 29.4. The number of aryl methyl sites for hydroxylation is 1. The van der Waals surface area contributed by atoms with Crippen LogP contribution < -0.4 is 20.7 Å². The van der Waals surface area contributed by atoms with E-state index in [9.17, 15) is 5.26 Å². The van der Waals surface area contributed by atoms with Crippen LogP contribution in [0.1, 0.15) is 75.5 Å². The molecule has 1 atom stereocenters. The minimum absolute atomic E-state index is 0.195. The Labute approximate surface area is 254 Å². The summed E-state index contributed by atoms with van der Waals surface area (Å²) < 4.78 is 12.5. The molecule has 6 rings (SSSR count). The third-order valence-electron chi connectivity index (χ3n) is 9.30. The number of rotatable bonds is 11. The minimum atomic E-state index is 0.195. The van der Waals surface area contributed by atoms with Crippen molar-refractivity contribution in [2.24, 2.45) is 0 Å². The van der Waals surface area contributed by atoms with Gasteiger partial charge in [-0.2, -0.15) is 10.2 Å². The highest BCUT2D eigenvalue weighted by Gasteiger charge is 2.46. The summed E-state index contributed by atoms with van der Waals surface area (Å²) in [6.07, 6.45) is 9.08. The monoisotopic (exact) mass is 584 g/mol. The molecule has 1 saturated carbocycles. The molecule has 2 aliphatic heterocycles. The predicted molar refractivity (Wildman–Crippen MR) is 168 cm³/mol. The first-order valence-corrected chi connectivity index (χ1v) is 16.0. The molecule has 0 radical (unpaired) electrons. The quantitative estimate of drug-likeness (QED) is 0.298. The summed E-state index contributed by atoms with van der Waals surface area (Å²) in [6.45, 7) is 8.67. The number of likely N-dealkylation sites (N-methyl/N-ethyl adjacent to an activating group) is 1. The van der Waals surface area contributed by atoms with Gasteiger partial charge in [0.15, 0.2) is 17.3 Å². The molecule has 4 heterocycles. The van der Waals surface area contributed by atoms with Crippen LogP contribution >= 0.6 is 0 Å². The van der Waals surface area contributed by atoms with E-state index in [-0.39, 0.29) is 5.54 Å². The number of nitrogens with zero attached hydrogens (tertiary/aromatic N) is 6. The first-order valence-electron chi connectivity index (χ1n) is 16.0. The Kier molecular flexibility index (Phi) is 8.55. The molecule has 3 N–H and O–H groups in total. The number of aromatic nitrogens is 3. The van der Waals surface area contributed by atoms with Crippen LogP contribution in [0.4, 0.5) is 11.5 Å². The normalized spacial score (nSPS) is 19.6. The maximum absolute atomic E-state index is 10.1. The highest BCUT2D eigenvalue weighted by Crippen LogP contribution is 2.41. The van der Waals surface area contributed by atoms with Gasteiger partial charge in [-0.15, -0.1) is 0 Å². The molecule has 228 valence electrons. The number of benzene rings is 1. The van der Waals surface area contributed by atoms with Gasteiger partial charge in [-0.05, 0) is 70.2 Å². The van der Waals surface area contributed by atoms with Gasteiger partial charge in [0.1, 0.15) is 18.5 Å². The van der Waals surface area contributed by atoms with Crippen LogP contribution in [0.2, 0.25) is 0 Å². The Bertz CT molecular complexity index is 1490. The molecule has 1 unspecified atom stereocenters. The minimum Gasteiger partial charge on any atom is -0.476 e. The van der Waals surface area contributed by atoms with Gasteiger partial charge in [0.05, 0.1) is 11.3 Å². The number of nitrogens with two attached hydrogens (primary N) is 1. The van der Waals surface area contributed by atoms with Crippen LogP contribution in [0.25, 0.3) is 22.8 Å². The zero-order valence-electron chi connectivity index (χ0n) is 25.8. The van der Waals surface area contributed by atoms with Crippen LogP contribution in [-0.2, 0) is 12.8 Å². The van der Waals surface area contributed by atoms with E-state index in [1.807, 2.05) is 18.2 Å². The third kappa shape index (κ3) is 6.06. The summed E-state index contributed by atoms with van der Waals surface area (Å²) in [6, 6.07) is 8.51. The molecule has 1 aromatic carbocycles. The average Bonchev–Trinajstić information content (AvgIpc) is 3.41. The summed E-state index contributed by atoms with van der Waals surface area (Å²) in [7, 11) is 2.16. The predicted octanol–water partition coefficient (Wildman–Crippen LogP) is 4.96. The molecule has 43 heavy (non-hydrogen) atoms. The van der Waals surface area contributed by atoms with Crippen molar-refractivity contribution in [2.75, 3.05) is 50.5 Å². The Morgan fingerprint density at radius 3 is 2.77 bits per heavy atom. The fourth-order valence-electron chi connectivity index (χ4n) is 6.55. The van der Waals surface area contributed by atoms with Crippen molar-refractivity contribution in [1.82, 2.24) is 25.3 Å². The SMILES string of the molecule is CCCCc1c(-c2nc(OCC3CCCN3C)cc(N3CCNC4(CC4)C3)n2)noc1-c1c(CCC)ccc(N)c1C#N. The number of nitrogens with one attached hydrogen (secondary N) is 1. The van der Waals surface area contributed by atoms with E-state index < -0.39 is 0 Å². The van der Waals surface area contributed by atoms with E-state index >= 15 is 0 Å². The molecule has 10 nitrogen and oxygen atoms in total. The number of unbranched alkanes of at least 4 members (excludes halogenated alkanes) is 1. The molecule has 2 aromatic heterocycles. The van der Waals surface area contributed by atoms with Crippen LogP contribution in [0.15, 0.2) is 22.7 Å². The average molecular weight is 585 g/mol.